The molecular formula is C10H21NO2. The van der Waals surface area contributed by atoms with Gasteiger partial charge in [0.25, 0.3) is 0 Å². The van der Waals surface area contributed by atoms with Crippen LogP contribution in [0.5, 0.6) is 0 Å². The molecule has 0 aliphatic carbocycles. The molecule has 0 spiro atoms. The zero-order chi connectivity index (χ0) is 9.84. The Bertz CT molecular complexity index is 142. The van der Waals surface area contributed by atoms with Crippen LogP contribution in [0.25, 0.3) is 0 Å². The van der Waals surface area contributed by atoms with Crippen molar-refractivity contribution in [2.24, 2.45) is 0 Å². The van der Waals surface area contributed by atoms with Gasteiger partial charge in [-0.2, -0.15) is 0 Å². The van der Waals surface area contributed by atoms with Crippen LogP contribution < -0.4 is 5.32 Å². The first kappa shape index (κ1) is 11.0. The monoisotopic (exact) mass is 187 g/mol. The van der Waals surface area contributed by atoms with Crippen molar-refractivity contribution in [1.82, 2.24) is 5.32 Å². The second-order valence-corrected chi connectivity index (χ2v) is 4.18. The minimum absolute atomic E-state index is 0.197. The molecule has 2 unspecified atom stereocenters. The number of ether oxygens (including phenoxy) is 1. The lowest BCUT2D eigenvalue weighted by molar-refractivity contribution is -0.0440. The highest BCUT2D eigenvalue weighted by atomic mass is 16.5. The van der Waals surface area contributed by atoms with Crippen molar-refractivity contribution in [3.8, 4) is 0 Å². The first-order valence-electron chi connectivity index (χ1n) is 5.14. The van der Waals surface area contributed by atoms with E-state index in [1.165, 1.54) is 0 Å². The highest BCUT2D eigenvalue weighted by Gasteiger charge is 2.24. The van der Waals surface area contributed by atoms with Crippen LogP contribution in [0.3, 0.4) is 0 Å². The SMILES string of the molecule is CC1CC(N[C@H](C)CO)CC(C)O1. The maximum absolute atomic E-state index is 8.90. The molecule has 78 valence electrons. The van der Waals surface area contributed by atoms with Crippen molar-refractivity contribution in [2.75, 3.05) is 6.61 Å². The summed E-state index contributed by atoms with van der Waals surface area (Å²) in [7, 11) is 0. The molecule has 0 bridgehead atoms. The Hall–Kier alpha value is -0.120. The molecule has 2 N–H and O–H groups in total. The maximum Gasteiger partial charge on any atom is 0.0582 e. The molecule has 0 radical (unpaired) electrons. The molecule has 0 aromatic heterocycles. The van der Waals surface area contributed by atoms with Gasteiger partial charge >= 0.3 is 0 Å². The van der Waals surface area contributed by atoms with E-state index in [0.717, 1.165) is 12.8 Å². The predicted molar refractivity (Wildman–Crippen MR) is 52.7 cm³/mol. The summed E-state index contributed by atoms with van der Waals surface area (Å²) < 4.78 is 5.63. The number of rotatable bonds is 3. The minimum atomic E-state index is 0.197. The molecule has 3 heteroatoms. The van der Waals surface area contributed by atoms with Crippen LogP contribution in [0.1, 0.15) is 33.6 Å². The largest absolute Gasteiger partial charge is 0.395 e. The van der Waals surface area contributed by atoms with Crippen molar-refractivity contribution in [3.05, 3.63) is 0 Å². The van der Waals surface area contributed by atoms with E-state index in [-0.39, 0.29) is 12.6 Å². The van der Waals surface area contributed by atoms with Crippen LogP contribution >= 0.6 is 0 Å². The fourth-order valence-electron chi connectivity index (χ4n) is 2.00. The molecule has 0 amide bonds. The van der Waals surface area contributed by atoms with Gasteiger partial charge in [-0.25, -0.2) is 0 Å². The molecule has 1 rings (SSSR count). The third-order valence-corrected chi connectivity index (χ3v) is 2.49. The molecule has 1 heterocycles. The third kappa shape index (κ3) is 3.63. The maximum atomic E-state index is 8.90. The summed E-state index contributed by atoms with van der Waals surface area (Å²) in [6.45, 7) is 6.42. The van der Waals surface area contributed by atoms with Crippen molar-refractivity contribution in [2.45, 2.75) is 57.9 Å². The van der Waals surface area contributed by atoms with Crippen molar-refractivity contribution in [3.63, 3.8) is 0 Å². The Kier molecular flexibility index (Phi) is 4.16. The van der Waals surface area contributed by atoms with Crippen LogP contribution in [-0.2, 0) is 4.74 Å². The van der Waals surface area contributed by atoms with Gasteiger partial charge in [0.2, 0.25) is 0 Å². The molecule has 3 atom stereocenters. The summed E-state index contributed by atoms with van der Waals surface area (Å²) in [6, 6.07) is 0.698. The van der Waals surface area contributed by atoms with E-state index in [1.807, 2.05) is 6.92 Å². The van der Waals surface area contributed by atoms with E-state index in [4.69, 9.17) is 9.84 Å². The number of aliphatic hydroxyl groups excluding tert-OH is 1. The Balaban J connectivity index is 2.32. The van der Waals surface area contributed by atoms with Gasteiger partial charge in [-0.15, -0.1) is 0 Å². The Morgan fingerprint density at radius 1 is 1.38 bits per heavy atom. The fourth-order valence-corrected chi connectivity index (χ4v) is 2.00. The van der Waals surface area contributed by atoms with Crippen LogP contribution in [0.4, 0.5) is 0 Å². The van der Waals surface area contributed by atoms with Crippen LogP contribution in [0.15, 0.2) is 0 Å². The lowest BCUT2D eigenvalue weighted by Crippen LogP contribution is -2.45. The van der Waals surface area contributed by atoms with Crippen LogP contribution in [0, 0.1) is 0 Å². The van der Waals surface area contributed by atoms with Crippen molar-refractivity contribution < 1.29 is 9.84 Å². The number of aliphatic hydroxyl groups is 1. The van der Waals surface area contributed by atoms with Gasteiger partial charge in [-0.3, -0.25) is 0 Å². The molecule has 1 saturated heterocycles. The highest BCUT2D eigenvalue weighted by Crippen LogP contribution is 2.19. The van der Waals surface area contributed by atoms with Gasteiger partial charge in [-0.05, 0) is 33.6 Å². The van der Waals surface area contributed by atoms with Crippen LogP contribution in [-0.4, -0.2) is 36.0 Å². The van der Waals surface area contributed by atoms with Gasteiger partial charge < -0.3 is 15.2 Å². The highest BCUT2D eigenvalue weighted by molar-refractivity contribution is 4.80. The molecule has 1 aliphatic heterocycles. The quantitative estimate of drug-likeness (QED) is 0.690. The summed E-state index contributed by atoms with van der Waals surface area (Å²) in [4.78, 5) is 0. The predicted octanol–water partition coefficient (Wildman–Crippen LogP) is 0.913. The topological polar surface area (TPSA) is 41.5 Å². The summed E-state index contributed by atoms with van der Waals surface area (Å²) >= 11 is 0. The summed E-state index contributed by atoms with van der Waals surface area (Å²) in [6.07, 6.45) is 2.78. The zero-order valence-corrected chi connectivity index (χ0v) is 8.79. The molecule has 13 heavy (non-hydrogen) atoms. The van der Waals surface area contributed by atoms with Crippen LogP contribution in [0.2, 0.25) is 0 Å². The normalized spacial score (nSPS) is 37.4. The summed E-state index contributed by atoms with van der Waals surface area (Å²) in [5.41, 5.74) is 0. The Labute approximate surface area is 80.5 Å². The van der Waals surface area contributed by atoms with E-state index < -0.39 is 0 Å². The molecule has 0 aromatic carbocycles. The van der Waals surface area contributed by atoms with E-state index in [9.17, 15) is 0 Å². The average molecular weight is 187 g/mol. The van der Waals surface area contributed by atoms with E-state index in [0.29, 0.717) is 18.2 Å². The van der Waals surface area contributed by atoms with Crippen molar-refractivity contribution in [1.29, 1.82) is 0 Å². The van der Waals surface area contributed by atoms with E-state index in [2.05, 4.69) is 19.2 Å². The minimum Gasteiger partial charge on any atom is -0.395 e. The Morgan fingerprint density at radius 2 is 1.92 bits per heavy atom. The number of hydrogen-bond acceptors (Lipinski definition) is 3. The molecule has 1 fully saturated rings. The first-order chi connectivity index (χ1) is 6.11. The lowest BCUT2D eigenvalue weighted by atomic mass is 9.99. The average Bonchev–Trinajstić information content (AvgIpc) is 2.02. The molecule has 1 aliphatic rings. The van der Waals surface area contributed by atoms with Gasteiger partial charge in [0, 0.05) is 12.1 Å². The van der Waals surface area contributed by atoms with Gasteiger partial charge in [0.05, 0.1) is 18.8 Å². The van der Waals surface area contributed by atoms with Gasteiger partial charge in [-0.1, -0.05) is 0 Å². The number of hydrogen-bond donors (Lipinski definition) is 2. The fraction of sp³-hybridized carbons (Fsp3) is 1.00. The first-order valence-corrected chi connectivity index (χ1v) is 5.14. The van der Waals surface area contributed by atoms with Gasteiger partial charge in [0.15, 0.2) is 0 Å². The van der Waals surface area contributed by atoms with E-state index >= 15 is 0 Å². The number of nitrogens with one attached hydrogen (secondary N) is 1. The zero-order valence-electron chi connectivity index (χ0n) is 8.79. The molecule has 0 saturated carbocycles. The van der Waals surface area contributed by atoms with Gasteiger partial charge in [0.1, 0.15) is 0 Å². The van der Waals surface area contributed by atoms with Crippen molar-refractivity contribution >= 4 is 0 Å². The third-order valence-electron chi connectivity index (χ3n) is 2.49. The lowest BCUT2D eigenvalue weighted by Gasteiger charge is -2.34. The standard InChI is InChI=1S/C10H21NO2/c1-7(6-12)11-10-4-8(2)13-9(3)5-10/h7-12H,4-6H2,1-3H3/t7-,8?,9?,10?/m1/s1. The molecule has 0 aromatic rings. The molecular weight excluding hydrogens is 166 g/mol. The second kappa shape index (κ2) is 4.94. The molecule has 3 nitrogen and oxygen atoms in total. The smallest absolute Gasteiger partial charge is 0.0582 e. The van der Waals surface area contributed by atoms with E-state index in [1.54, 1.807) is 0 Å². The summed E-state index contributed by atoms with van der Waals surface area (Å²) in [5, 5.41) is 12.3. The summed E-state index contributed by atoms with van der Waals surface area (Å²) in [5.74, 6) is 0. The Morgan fingerprint density at radius 3 is 2.38 bits per heavy atom. The second-order valence-electron chi connectivity index (χ2n) is 4.18.